The molecular weight excluding hydrogens is 308 g/mol. The van der Waals surface area contributed by atoms with Crippen LogP contribution in [0.15, 0.2) is 73.1 Å². The van der Waals surface area contributed by atoms with E-state index in [4.69, 9.17) is 4.98 Å². The smallest absolute Gasteiger partial charge is 0.224 e. The van der Waals surface area contributed by atoms with Gasteiger partial charge in [0.2, 0.25) is 5.95 Å². The number of hydrogen-bond donors (Lipinski definition) is 1. The summed E-state index contributed by atoms with van der Waals surface area (Å²) in [6.45, 7) is 2.72. The summed E-state index contributed by atoms with van der Waals surface area (Å²) < 4.78 is 0. The summed E-state index contributed by atoms with van der Waals surface area (Å²) >= 11 is 0. The summed E-state index contributed by atoms with van der Waals surface area (Å²) in [4.78, 5) is 13.6. The van der Waals surface area contributed by atoms with Crippen LogP contribution >= 0.6 is 0 Å². The molecule has 0 amide bonds. The summed E-state index contributed by atoms with van der Waals surface area (Å²) in [6.07, 6.45) is 3.61. The predicted octanol–water partition coefficient (Wildman–Crippen LogP) is 4.61. The topological polar surface area (TPSA) is 50.7 Å². The molecule has 4 aromatic rings. The molecule has 4 rings (SSSR count). The molecule has 0 saturated carbocycles. The van der Waals surface area contributed by atoms with Crippen LogP contribution in [0.5, 0.6) is 0 Å². The number of pyridine rings is 1. The van der Waals surface area contributed by atoms with Crippen molar-refractivity contribution in [1.82, 2.24) is 15.0 Å². The maximum absolute atomic E-state index is 4.78. The Morgan fingerprint density at radius 3 is 2.60 bits per heavy atom. The number of benzene rings is 2. The van der Waals surface area contributed by atoms with Crippen molar-refractivity contribution >= 4 is 16.9 Å². The van der Waals surface area contributed by atoms with E-state index < -0.39 is 0 Å². The van der Waals surface area contributed by atoms with Crippen LogP contribution in [0.4, 0.5) is 5.95 Å². The van der Waals surface area contributed by atoms with E-state index in [9.17, 15) is 0 Å². The molecule has 1 N–H and O–H groups in total. The molecule has 0 saturated heterocycles. The van der Waals surface area contributed by atoms with Gasteiger partial charge in [0.15, 0.2) is 0 Å². The Hall–Kier alpha value is -3.27. The Labute approximate surface area is 146 Å². The third-order valence-corrected chi connectivity index (χ3v) is 4.07. The van der Waals surface area contributed by atoms with Gasteiger partial charge in [0.25, 0.3) is 0 Å². The number of nitrogens with zero attached hydrogens (tertiary/aromatic N) is 3. The summed E-state index contributed by atoms with van der Waals surface area (Å²) in [7, 11) is 0. The Morgan fingerprint density at radius 2 is 1.80 bits per heavy atom. The standard InChI is InChI=1S/C21H18N4/c1-15-9-10-19-18(12-15)20(17-7-3-2-4-8-17)25-21(24-19)23-14-16-6-5-11-22-13-16/h2-13H,14H2,1H3,(H,23,24,25). The first-order chi connectivity index (χ1) is 12.3. The van der Waals surface area contributed by atoms with Crippen LogP contribution in [-0.2, 0) is 6.54 Å². The molecule has 0 aliphatic heterocycles. The van der Waals surface area contributed by atoms with Gasteiger partial charge >= 0.3 is 0 Å². The lowest BCUT2D eigenvalue weighted by molar-refractivity contribution is 1.06. The first kappa shape index (κ1) is 15.3. The molecule has 2 aromatic carbocycles. The average Bonchev–Trinajstić information content (AvgIpc) is 2.67. The maximum Gasteiger partial charge on any atom is 0.224 e. The number of fused-ring (bicyclic) bond motifs is 1. The molecular formula is C21H18N4. The normalized spacial score (nSPS) is 10.8. The van der Waals surface area contributed by atoms with Crippen molar-refractivity contribution in [1.29, 1.82) is 0 Å². The minimum atomic E-state index is 0.624. The number of hydrogen-bond acceptors (Lipinski definition) is 4. The predicted molar refractivity (Wildman–Crippen MR) is 101 cm³/mol. The Bertz CT molecular complexity index is 998. The number of anilines is 1. The molecule has 0 spiro atoms. The molecule has 0 aliphatic rings. The molecule has 0 atom stereocenters. The Morgan fingerprint density at radius 1 is 0.920 bits per heavy atom. The molecule has 0 aliphatic carbocycles. The van der Waals surface area contributed by atoms with Crippen molar-refractivity contribution in [2.45, 2.75) is 13.5 Å². The minimum absolute atomic E-state index is 0.624. The van der Waals surface area contributed by atoms with Gasteiger partial charge in [-0.25, -0.2) is 9.97 Å². The van der Waals surface area contributed by atoms with Gasteiger partial charge in [0, 0.05) is 29.9 Å². The largest absolute Gasteiger partial charge is 0.350 e. The summed E-state index contributed by atoms with van der Waals surface area (Å²) in [6, 6.07) is 20.5. The highest BCUT2D eigenvalue weighted by molar-refractivity contribution is 5.93. The quantitative estimate of drug-likeness (QED) is 0.595. The van der Waals surface area contributed by atoms with E-state index in [2.05, 4.69) is 46.5 Å². The minimum Gasteiger partial charge on any atom is -0.350 e. The zero-order chi connectivity index (χ0) is 17.1. The highest BCUT2D eigenvalue weighted by atomic mass is 15.1. The summed E-state index contributed by atoms with van der Waals surface area (Å²) in [5, 5.41) is 4.38. The lowest BCUT2D eigenvalue weighted by Crippen LogP contribution is -2.05. The summed E-state index contributed by atoms with van der Waals surface area (Å²) in [5.41, 5.74) is 5.27. The van der Waals surface area contributed by atoms with Crippen LogP contribution in [0.2, 0.25) is 0 Å². The highest BCUT2D eigenvalue weighted by Crippen LogP contribution is 2.28. The third-order valence-electron chi connectivity index (χ3n) is 4.07. The molecule has 0 fully saturated rings. The number of aromatic nitrogens is 3. The number of nitrogens with one attached hydrogen (secondary N) is 1. The molecule has 4 heteroatoms. The third kappa shape index (κ3) is 3.33. The molecule has 0 bridgehead atoms. The second kappa shape index (κ2) is 6.69. The van der Waals surface area contributed by atoms with Crippen LogP contribution in [0.3, 0.4) is 0 Å². The molecule has 2 heterocycles. The van der Waals surface area contributed by atoms with Crippen molar-refractivity contribution in [2.24, 2.45) is 0 Å². The Kier molecular flexibility index (Phi) is 4.09. The van der Waals surface area contributed by atoms with Gasteiger partial charge in [0.05, 0.1) is 11.2 Å². The van der Waals surface area contributed by atoms with Gasteiger partial charge < -0.3 is 5.32 Å². The second-order valence-electron chi connectivity index (χ2n) is 6.00. The fourth-order valence-electron chi connectivity index (χ4n) is 2.82. The van der Waals surface area contributed by atoms with Crippen molar-refractivity contribution < 1.29 is 0 Å². The van der Waals surface area contributed by atoms with Crippen molar-refractivity contribution in [3.05, 3.63) is 84.2 Å². The van der Waals surface area contributed by atoms with E-state index in [1.165, 1.54) is 5.56 Å². The van der Waals surface area contributed by atoms with Crippen molar-refractivity contribution in [2.75, 3.05) is 5.32 Å². The van der Waals surface area contributed by atoms with Gasteiger partial charge in [-0.15, -0.1) is 0 Å². The Balaban J connectivity index is 1.77. The van der Waals surface area contributed by atoms with E-state index in [1.807, 2.05) is 42.6 Å². The van der Waals surface area contributed by atoms with Crippen LogP contribution in [0.1, 0.15) is 11.1 Å². The first-order valence-electron chi connectivity index (χ1n) is 8.26. The van der Waals surface area contributed by atoms with E-state index in [0.717, 1.165) is 27.7 Å². The fraction of sp³-hybridized carbons (Fsp3) is 0.0952. The van der Waals surface area contributed by atoms with Gasteiger partial charge in [0.1, 0.15) is 0 Å². The van der Waals surface area contributed by atoms with Crippen LogP contribution in [0.25, 0.3) is 22.2 Å². The highest BCUT2D eigenvalue weighted by Gasteiger charge is 2.10. The van der Waals surface area contributed by atoms with Crippen molar-refractivity contribution in [3.63, 3.8) is 0 Å². The lowest BCUT2D eigenvalue weighted by Gasteiger charge is -2.11. The zero-order valence-corrected chi connectivity index (χ0v) is 14.0. The van der Waals surface area contributed by atoms with Crippen LogP contribution < -0.4 is 5.32 Å². The van der Waals surface area contributed by atoms with Crippen molar-refractivity contribution in [3.8, 4) is 11.3 Å². The molecule has 2 aromatic heterocycles. The molecule has 0 radical (unpaired) electrons. The average molecular weight is 326 g/mol. The second-order valence-corrected chi connectivity index (χ2v) is 6.00. The van der Waals surface area contributed by atoms with E-state index in [1.54, 1.807) is 6.20 Å². The van der Waals surface area contributed by atoms with Gasteiger partial charge in [-0.1, -0.05) is 48.0 Å². The number of rotatable bonds is 4. The van der Waals surface area contributed by atoms with E-state index in [-0.39, 0.29) is 0 Å². The molecule has 25 heavy (non-hydrogen) atoms. The first-order valence-corrected chi connectivity index (χ1v) is 8.26. The van der Waals surface area contributed by atoms with Gasteiger partial charge in [-0.2, -0.15) is 0 Å². The monoisotopic (exact) mass is 326 g/mol. The van der Waals surface area contributed by atoms with Crippen LogP contribution in [-0.4, -0.2) is 15.0 Å². The SMILES string of the molecule is Cc1ccc2nc(NCc3cccnc3)nc(-c3ccccc3)c2c1. The van der Waals surface area contributed by atoms with E-state index >= 15 is 0 Å². The zero-order valence-electron chi connectivity index (χ0n) is 14.0. The summed E-state index contributed by atoms with van der Waals surface area (Å²) in [5.74, 6) is 0.624. The molecule has 0 unspecified atom stereocenters. The maximum atomic E-state index is 4.78. The van der Waals surface area contributed by atoms with Crippen LogP contribution in [0, 0.1) is 6.92 Å². The van der Waals surface area contributed by atoms with E-state index in [0.29, 0.717) is 12.5 Å². The number of aryl methyl sites for hydroxylation is 1. The fourth-order valence-corrected chi connectivity index (χ4v) is 2.82. The molecule has 122 valence electrons. The molecule has 4 nitrogen and oxygen atoms in total. The lowest BCUT2D eigenvalue weighted by atomic mass is 10.0. The van der Waals surface area contributed by atoms with Gasteiger partial charge in [-0.05, 0) is 30.7 Å². The van der Waals surface area contributed by atoms with Gasteiger partial charge in [-0.3, -0.25) is 4.98 Å².